The van der Waals surface area contributed by atoms with Gasteiger partial charge in [-0.05, 0) is 67.8 Å². The molecule has 0 radical (unpaired) electrons. The maximum atomic E-state index is 7.69. The lowest BCUT2D eigenvalue weighted by molar-refractivity contribution is -0.171. The van der Waals surface area contributed by atoms with Gasteiger partial charge in [-0.25, -0.2) is 0 Å². The number of methoxy groups -OCH3 is 2. The van der Waals surface area contributed by atoms with E-state index in [9.17, 15) is 0 Å². The van der Waals surface area contributed by atoms with Gasteiger partial charge in [0.2, 0.25) is 0 Å². The lowest BCUT2D eigenvalue weighted by Crippen LogP contribution is -2.48. The smallest absolute Gasteiger partial charge is 0.426 e. The molecule has 9 rings (SSSR count). The third-order valence-electron chi connectivity index (χ3n) is 13.1. The molecule has 0 aromatic heterocycles. The molecule has 68 heavy (non-hydrogen) atoms. The molecule has 352 valence electrons. The first kappa shape index (κ1) is 47.8. The van der Waals surface area contributed by atoms with Crippen molar-refractivity contribution in [3.05, 3.63) is 214 Å². The third-order valence-corrected chi connectivity index (χ3v) is 15.3. The number of para-hydroxylation sites is 1. The highest BCUT2D eigenvalue weighted by molar-refractivity contribution is 7.43. The predicted molar refractivity (Wildman–Crippen MR) is 272 cm³/mol. The molecule has 2 aliphatic heterocycles. The fourth-order valence-electron chi connectivity index (χ4n) is 9.46. The fraction of sp³-hybridized carbons (Fsp3) is 0.310. The second-order valence-corrected chi connectivity index (χ2v) is 22.7. The molecule has 1 saturated heterocycles. The quantitative estimate of drug-likeness (QED) is 0.0939. The molecule has 2 heterocycles. The van der Waals surface area contributed by atoms with E-state index in [2.05, 4.69) is 141 Å². The summed E-state index contributed by atoms with van der Waals surface area (Å²) in [4.78, 5) is 0. The number of ether oxygens (including phenoxy) is 2. The summed E-state index contributed by atoms with van der Waals surface area (Å²) in [7, 11) is -0.796. The molecule has 1 aliphatic carbocycles. The third kappa shape index (κ3) is 8.59. The Labute approximate surface area is 405 Å². The maximum absolute atomic E-state index is 7.69. The van der Waals surface area contributed by atoms with E-state index in [-0.39, 0.29) is 5.41 Å². The highest BCUT2D eigenvalue weighted by Gasteiger charge is 2.67. The molecular formula is C58H62O8P2. The first-order chi connectivity index (χ1) is 32.4. The van der Waals surface area contributed by atoms with Gasteiger partial charge in [-0.2, -0.15) is 0 Å². The van der Waals surface area contributed by atoms with E-state index in [1.165, 1.54) is 0 Å². The average Bonchev–Trinajstić information content (AvgIpc) is 3.91. The van der Waals surface area contributed by atoms with Crippen LogP contribution in [-0.4, -0.2) is 20.0 Å². The van der Waals surface area contributed by atoms with Gasteiger partial charge in [0.05, 0.1) is 0 Å². The predicted octanol–water partition coefficient (Wildman–Crippen LogP) is 15.6. The summed E-state index contributed by atoms with van der Waals surface area (Å²) >= 11 is 0. The topological polar surface area (TPSA) is 73.8 Å². The zero-order valence-electron chi connectivity index (χ0n) is 41.0. The molecule has 0 amide bonds. The van der Waals surface area contributed by atoms with Crippen molar-refractivity contribution < 1.29 is 36.6 Å². The van der Waals surface area contributed by atoms with Crippen LogP contribution in [-0.2, 0) is 45.1 Å². The summed E-state index contributed by atoms with van der Waals surface area (Å²) in [5, 5.41) is 0. The number of hydrogen-bond acceptors (Lipinski definition) is 8. The van der Waals surface area contributed by atoms with Crippen molar-refractivity contribution in [1.29, 1.82) is 0 Å². The monoisotopic (exact) mass is 948 g/mol. The summed E-state index contributed by atoms with van der Waals surface area (Å²) in [6.45, 7) is 19.6. The largest absolute Gasteiger partial charge is 0.530 e. The molecule has 1 atom stereocenters. The van der Waals surface area contributed by atoms with Gasteiger partial charge in [0.1, 0.15) is 11.5 Å². The second-order valence-electron chi connectivity index (χ2n) is 20.7. The fourth-order valence-corrected chi connectivity index (χ4v) is 12.1. The Morgan fingerprint density at radius 3 is 1.41 bits per heavy atom. The van der Waals surface area contributed by atoms with Crippen molar-refractivity contribution in [3.63, 3.8) is 0 Å². The van der Waals surface area contributed by atoms with Crippen LogP contribution in [0.1, 0.15) is 108 Å². The lowest BCUT2D eigenvalue weighted by Gasteiger charge is -2.43. The number of fused-ring (bicyclic) bond motifs is 1. The van der Waals surface area contributed by atoms with Crippen LogP contribution in [0.4, 0.5) is 0 Å². The summed E-state index contributed by atoms with van der Waals surface area (Å²) in [5.74, 6) is 1.35. The average molecular weight is 949 g/mol. The molecule has 1 fully saturated rings. The molecule has 0 N–H and O–H groups in total. The van der Waals surface area contributed by atoms with E-state index < -0.39 is 45.0 Å². The SMILES string of the molecule is COC1(OC)C=C(c2cccc(C(C)(C)C)c2OP2OC(c3ccccc3)(c3ccccc3)C(c3ccccc3)(c3ccccc3)O2)C(OP2Oc3ccc(C(C)(C)C)cc3O2)=C(C(C)(C)C)C1. The van der Waals surface area contributed by atoms with E-state index in [0.717, 1.165) is 44.5 Å². The van der Waals surface area contributed by atoms with Gasteiger partial charge in [0.15, 0.2) is 28.5 Å². The van der Waals surface area contributed by atoms with Gasteiger partial charge >= 0.3 is 17.2 Å². The summed E-state index contributed by atoms with van der Waals surface area (Å²) in [5.41, 5.74) is 4.78. The van der Waals surface area contributed by atoms with E-state index in [1.807, 2.05) is 84.9 Å². The van der Waals surface area contributed by atoms with Gasteiger partial charge < -0.3 is 27.6 Å². The van der Waals surface area contributed by atoms with Crippen LogP contribution in [0, 0.1) is 5.41 Å². The van der Waals surface area contributed by atoms with Crippen molar-refractivity contribution in [2.24, 2.45) is 5.41 Å². The molecule has 0 spiro atoms. The van der Waals surface area contributed by atoms with E-state index in [4.69, 9.17) is 36.6 Å². The van der Waals surface area contributed by atoms with Crippen LogP contribution in [0.2, 0.25) is 0 Å². The number of allylic oxidation sites excluding steroid dienone is 1. The molecule has 0 saturated carbocycles. The highest BCUT2D eigenvalue weighted by Crippen LogP contribution is 2.71. The summed E-state index contributed by atoms with van der Waals surface area (Å²) in [6.07, 6.45) is 2.40. The van der Waals surface area contributed by atoms with E-state index >= 15 is 0 Å². The molecule has 1 unspecified atom stereocenters. The summed E-state index contributed by atoms with van der Waals surface area (Å²) < 4.78 is 55.7. The van der Waals surface area contributed by atoms with Crippen molar-refractivity contribution >= 4 is 22.8 Å². The van der Waals surface area contributed by atoms with Gasteiger partial charge in [-0.3, -0.25) is 9.05 Å². The minimum Gasteiger partial charge on any atom is -0.426 e. The van der Waals surface area contributed by atoms with Crippen LogP contribution >= 0.6 is 17.2 Å². The first-order valence-electron chi connectivity index (χ1n) is 23.2. The first-order valence-corrected chi connectivity index (χ1v) is 25.4. The van der Waals surface area contributed by atoms with E-state index in [1.54, 1.807) is 14.2 Å². The maximum Gasteiger partial charge on any atom is 0.530 e. The zero-order valence-corrected chi connectivity index (χ0v) is 42.7. The van der Waals surface area contributed by atoms with Crippen molar-refractivity contribution in [1.82, 2.24) is 0 Å². The Balaban J connectivity index is 1.25. The number of hydrogen-bond donors (Lipinski definition) is 0. The molecule has 3 aliphatic rings. The zero-order chi connectivity index (χ0) is 48.1. The molecule has 6 aromatic carbocycles. The van der Waals surface area contributed by atoms with Crippen LogP contribution in [0.25, 0.3) is 5.57 Å². The Bertz CT molecular complexity index is 2630. The minimum atomic E-state index is -2.22. The Hall–Kier alpha value is -5.30. The lowest BCUT2D eigenvalue weighted by atomic mass is 9.66. The second kappa shape index (κ2) is 18.2. The molecular weight excluding hydrogens is 887 g/mol. The van der Waals surface area contributed by atoms with Gasteiger partial charge in [-0.1, -0.05) is 208 Å². The Morgan fingerprint density at radius 2 is 0.971 bits per heavy atom. The number of benzene rings is 6. The normalized spacial score (nSPS) is 18.9. The van der Waals surface area contributed by atoms with Gasteiger partial charge in [0, 0.05) is 37.3 Å². The summed E-state index contributed by atoms with van der Waals surface area (Å²) in [6, 6.07) is 53.8. The van der Waals surface area contributed by atoms with Gasteiger partial charge in [0.25, 0.3) is 0 Å². The molecule has 8 nitrogen and oxygen atoms in total. The van der Waals surface area contributed by atoms with Crippen LogP contribution < -0.4 is 13.6 Å². The van der Waals surface area contributed by atoms with Crippen molar-refractivity contribution in [2.45, 2.75) is 96.6 Å². The molecule has 0 bridgehead atoms. The molecule has 6 aromatic rings. The standard InChI is InChI=1S/C58H62O8P2/c1-53(2,3)44-35-36-49-50(37-44)62-67(61-49)63-52-46(38-56(59-10,60-11)39-48(52)55(7,8)9)45-33-24-34-47(54(4,5)6)51(45)64-68-65-57(40-25-16-12-17-26-40,41-27-18-13-19-28-41)58(66-68,42-29-20-14-21-30-42)43-31-22-15-23-32-43/h12-38H,39H2,1-11H3. The number of rotatable bonds is 11. The van der Waals surface area contributed by atoms with E-state index in [0.29, 0.717) is 35.0 Å². The Kier molecular flexibility index (Phi) is 12.8. The van der Waals surface area contributed by atoms with Crippen LogP contribution in [0.15, 0.2) is 175 Å². The van der Waals surface area contributed by atoms with Gasteiger partial charge in [-0.15, -0.1) is 0 Å². The Morgan fingerprint density at radius 1 is 0.485 bits per heavy atom. The van der Waals surface area contributed by atoms with Crippen molar-refractivity contribution in [2.75, 3.05) is 14.2 Å². The minimum absolute atomic E-state index is 0.0814. The van der Waals surface area contributed by atoms with Crippen molar-refractivity contribution in [3.8, 4) is 17.2 Å². The van der Waals surface area contributed by atoms with Crippen LogP contribution in [0.3, 0.4) is 0 Å². The molecule has 10 heteroatoms. The highest BCUT2D eigenvalue weighted by atomic mass is 31.2. The van der Waals surface area contributed by atoms with Crippen LogP contribution in [0.5, 0.6) is 17.2 Å².